The minimum Gasteiger partial charge on any atom is -0.497 e. The minimum absolute atomic E-state index is 0.0920. The molecule has 0 aliphatic carbocycles. The van der Waals surface area contributed by atoms with Crippen LogP contribution in [0.1, 0.15) is 22.6 Å². The van der Waals surface area contributed by atoms with Gasteiger partial charge in [-0.1, -0.05) is 41.9 Å². The number of amides is 2. The summed E-state index contributed by atoms with van der Waals surface area (Å²) in [6.07, 6.45) is 1.27. The highest BCUT2D eigenvalue weighted by Crippen LogP contribution is 2.21. The van der Waals surface area contributed by atoms with Crippen LogP contribution in [0, 0.1) is 6.92 Å². The lowest BCUT2D eigenvalue weighted by atomic mass is 10.1. The highest BCUT2D eigenvalue weighted by molar-refractivity contribution is 6.30. The summed E-state index contributed by atoms with van der Waals surface area (Å²) >= 11 is 6.10. The zero-order valence-corrected chi connectivity index (χ0v) is 23.8. The number of para-hydroxylation sites is 1. The quantitative estimate of drug-likeness (QED) is 0.286. The lowest BCUT2D eigenvalue weighted by Crippen LogP contribution is -2.54. The predicted octanol–water partition coefficient (Wildman–Crippen LogP) is 3.98. The second kappa shape index (κ2) is 11.4. The number of methoxy groups -OCH3 is 1. The van der Waals surface area contributed by atoms with E-state index in [4.69, 9.17) is 16.3 Å². The van der Waals surface area contributed by atoms with Gasteiger partial charge in [-0.25, -0.2) is 19.7 Å². The van der Waals surface area contributed by atoms with Gasteiger partial charge in [-0.15, -0.1) is 0 Å². The average molecular weight is 594 g/mol. The fourth-order valence-corrected chi connectivity index (χ4v) is 4.77. The Bertz CT molecular complexity index is 1980. The van der Waals surface area contributed by atoms with E-state index in [2.05, 4.69) is 25.5 Å². The van der Waals surface area contributed by atoms with Crippen molar-refractivity contribution in [2.75, 3.05) is 7.11 Å². The molecular weight excluding hydrogens is 570 g/mol. The number of nitrogens with one attached hydrogen (secondary N) is 2. The largest absolute Gasteiger partial charge is 0.497 e. The smallest absolute Gasteiger partial charge is 0.288 e. The summed E-state index contributed by atoms with van der Waals surface area (Å²) < 4.78 is 6.76. The number of aryl methyl sites for hydroxylation is 1. The molecule has 0 saturated heterocycles. The van der Waals surface area contributed by atoms with Crippen molar-refractivity contribution >= 4 is 46.4 Å². The number of rotatable bonds is 6. The van der Waals surface area contributed by atoms with Crippen molar-refractivity contribution in [2.45, 2.75) is 13.3 Å². The first kappa shape index (κ1) is 27.6. The Labute approximate surface area is 250 Å². The number of aromatic amines is 1. The van der Waals surface area contributed by atoms with Crippen molar-refractivity contribution in [1.29, 1.82) is 0 Å². The van der Waals surface area contributed by atoms with Crippen LogP contribution in [0.4, 0.5) is 0 Å². The van der Waals surface area contributed by atoms with Crippen LogP contribution < -0.4 is 15.7 Å². The summed E-state index contributed by atoms with van der Waals surface area (Å²) in [6.45, 7) is 1.72. The summed E-state index contributed by atoms with van der Waals surface area (Å²) in [6, 6.07) is 23.1. The Morgan fingerprint density at radius 2 is 1.72 bits per heavy atom. The first-order valence-electron chi connectivity index (χ1n) is 13.2. The molecule has 2 aromatic heterocycles. The molecule has 0 saturated carbocycles. The molecule has 0 radical (unpaired) electrons. The van der Waals surface area contributed by atoms with E-state index in [0.29, 0.717) is 44.3 Å². The van der Waals surface area contributed by atoms with E-state index < -0.39 is 17.4 Å². The molecule has 12 heteroatoms. The van der Waals surface area contributed by atoms with Gasteiger partial charge in [-0.3, -0.25) is 19.8 Å². The number of carbonyl (C=O) groups excluding carboxylic acids is 2. The van der Waals surface area contributed by atoms with Crippen LogP contribution in [0.3, 0.4) is 0 Å². The summed E-state index contributed by atoms with van der Waals surface area (Å²) in [7, 11) is 1.57. The molecule has 1 aliphatic heterocycles. The Morgan fingerprint density at radius 1 is 1.00 bits per heavy atom. The molecule has 43 heavy (non-hydrogen) atoms. The van der Waals surface area contributed by atoms with Crippen LogP contribution in [0.15, 0.2) is 94.3 Å². The SMILES string of the molecule is COc1ccc(/C=C2/N=C(c3ccc(Cl)cc3)N(C(=O)Cc3nc4c(c(C)nn4-c4ccccc4)c(=O)[nH]3)NC2=O)cc1. The zero-order valence-electron chi connectivity index (χ0n) is 23.0. The number of fused-ring (bicyclic) bond motifs is 1. The summed E-state index contributed by atoms with van der Waals surface area (Å²) in [5, 5.41) is 6.37. The number of hydrogen-bond acceptors (Lipinski definition) is 7. The monoisotopic (exact) mass is 593 g/mol. The number of hydrazine groups is 1. The number of aromatic nitrogens is 4. The molecule has 214 valence electrons. The van der Waals surface area contributed by atoms with Crippen LogP contribution in [0.5, 0.6) is 5.75 Å². The fraction of sp³-hybridized carbons (Fsp3) is 0.0968. The molecule has 2 amide bonds. The molecule has 0 unspecified atom stereocenters. The molecule has 3 aromatic carbocycles. The highest BCUT2D eigenvalue weighted by Gasteiger charge is 2.30. The highest BCUT2D eigenvalue weighted by atomic mass is 35.5. The molecular formula is C31H24ClN7O4. The number of hydrogen-bond donors (Lipinski definition) is 2. The van der Waals surface area contributed by atoms with Gasteiger partial charge in [0.25, 0.3) is 17.4 Å². The molecule has 0 atom stereocenters. The van der Waals surface area contributed by atoms with E-state index in [1.165, 1.54) is 0 Å². The number of aliphatic imine (C=N–C) groups is 1. The Balaban J connectivity index is 1.37. The lowest BCUT2D eigenvalue weighted by Gasteiger charge is -2.28. The van der Waals surface area contributed by atoms with Gasteiger partial charge in [0.2, 0.25) is 0 Å². The molecule has 3 heterocycles. The van der Waals surface area contributed by atoms with Gasteiger partial charge in [-0.05, 0) is 67.1 Å². The molecule has 0 spiro atoms. The standard InChI is InChI=1S/C31H24ClN7O4/c1-18-27-29(38(36-18)22-6-4-3-5-7-22)34-25(35-31(27)42)17-26(40)39-28(20-10-12-21(32)13-11-20)33-24(30(41)37-39)16-19-8-14-23(43-2)15-9-19/h3-16H,17H2,1-2H3,(H,37,41)(H,34,35,42)/b24-16+. The normalized spacial score (nSPS) is 14.1. The maximum atomic E-state index is 13.7. The van der Waals surface area contributed by atoms with Crippen LogP contribution in [0.2, 0.25) is 5.02 Å². The van der Waals surface area contributed by atoms with Crippen LogP contribution in [0.25, 0.3) is 22.8 Å². The third-order valence-corrected chi connectivity index (χ3v) is 6.99. The molecule has 0 bridgehead atoms. The maximum absolute atomic E-state index is 13.7. The van der Waals surface area contributed by atoms with E-state index in [9.17, 15) is 14.4 Å². The van der Waals surface area contributed by atoms with Gasteiger partial charge in [0.05, 0.1) is 24.9 Å². The Morgan fingerprint density at radius 3 is 2.42 bits per heavy atom. The number of ether oxygens (including phenoxy) is 1. The second-order valence-corrected chi connectivity index (χ2v) is 10.1. The number of carbonyl (C=O) groups is 2. The van der Waals surface area contributed by atoms with Crippen molar-refractivity contribution in [3.63, 3.8) is 0 Å². The number of H-pyrrole nitrogens is 1. The topological polar surface area (TPSA) is 135 Å². The van der Waals surface area contributed by atoms with Crippen molar-refractivity contribution in [1.82, 2.24) is 30.2 Å². The van der Waals surface area contributed by atoms with Crippen molar-refractivity contribution in [3.8, 4) is 11.4 Å². The number of benzene rings is 3. The van der Waals surface area contributed by atoms with Crippen molar-refractivity contribution < 1.29 is 14.3 Å². The zero-order chi connectivity index (χ0) is 30.1. The Hall–Kier alpha value is -5.55. The summed E-state index contributed by atoms with van der Waals surface area (Å²) in [4.78, 5) is 51.7. The van der Waals surface area contributed by atoms with Gasteiger partial charge in [0.1, 0.15) is 22.7 Å². The first-order chi connectivity index (χ1) is 20.8. The number of amidine groups is 1. The van der Waals surface area contributed by atoms with Gasteiger partial charge in [-0.2, -0.15) is 5.10 Å². The number of halogens is 1. The number of nitrogens with zero attached hydrogens (tertiary/aromatic N) is 5. The summed E-state index contributed by atoms with van der Waals surface area (Å²) in [5.74, 6) is -0.213. The predicted molar refractivity (Wildman–Crippen MR) is 162 cm³/mol. The average Bonchev–Trinajstić information content (AvgIpc) is 3.35. The van der Waals surface area contributed by atoms with E-state index in [1.807, 2.05) is 30.3 Å². The summed E-state index contributed by atoms with van der Waals surface area (Å²) in [5.41, 5.74) is 5.08. The molecule has 2 N–H and O–H groups in total. The van der Waals surface area contributed by atoms with Gasteiger partial charge in [0, 0.05) is 10.6 Å². The van der Waals surface area contributed by atoms with Gasteiger partial charge < -0.3 is 9.72 Å². The van der Waals surface area contributed by atoms with Crippen LogP contribution in [-0.2, 0) is 16.0 Å². The van der Waals surface area contributed by atoms with Gasteiger partial charge in [0.15, 0.2) is 11.5 Å². The third-order valence-electron chi connectivity index (χ3n) is 6.74. The van der Waals surface area contributed by atoms with E-state index >= 15 is 0 Å². The second-order valence-electron chi connectivity index (χ2n) is 9.64. The van der Waals surface area contributed by atoms with E-state index in [1.54, 1.807) is 73.3 Å². The van der Waals surface area contributed by atoms with Crippen LogP contribution in [-0.4, -0.2) is 49.5 Å². The van der Waals surface area contributed by atoms with Crippen molar-refractivity contribution in [2.24, 2.45) is 4.99 Å². The molecule has 11 nitrogen and oxygen atoms in total. The van der Waals surface area contributed by atoms with E-state index in [0.717, 1.165) is 5.01 Å². The molecule has 0 fully saturated rings. The lowest BCUT2D eigenvalue weighted by molar-refractivity contribution is -0.135. The fourth-order valence-electron chi connectivity index (χ4n) is 4.64. The molecule has 6 rings (SSSR count). The first-order valence-corrected chi connectivity index (χ1v) is 13.6. The Kier molecular flexibility index (Phi) is 7.31. The molecule has 5 aromatic rings. The maximum Gasteiger partial charge on any atom is 0.288 e. The minimum atomic E-state index is -0.587. The van der Waals surface area contributed by atoms with Crippen molar-refractivity contribution in [3.05, 3.63) is 123 Å². The van der Waals surface area contributed by atoms with Crippen LogP contribution >= 0.6 is 11.6 Å². The van der Waals surface area contributed by atoms with Gasteiger partial charge >= 0.3 is 0 Å². The third kappa shape index (κ3) is 5.53. The van der Waals surface area contributed by atoms with E-state index in [-0.39, 0.29) is 23.8 Å². The molecule has 1 aliphatic rings.